The summed E-state index contributed by atoms with van der Waals surface area (Å²) in [6, 6.07) is 15.0. The molecule has 0 aromatic heterocycles. The van der Waals surface area contributed by atoms with Crippen molar-refractivity contribution in [1.29, 1.82) is 0 Å². The molecule has 1 atom stereocenters. The zero-order valence-electron chi connectivity index (χ0n) is 18.6. The quantitative estimate of drug-likeness (QED) is 0.563. The number of benzene rings is 2. The summed E-state index contributed by atoms with van der Waals surface area (Å²) < 4.78 is 5.23. The Morgan fingerprint density at radius 1 is 1.07 bits per heavy atom. The van der Waals surface area contributed by atoms with Crippen LogP contribution in [-0.2, 0) is 22.6 Å². The molecule has 0 spiro atoms. The van der Waals surface area contributed by atoms with Gasteiger partial charge in [-0.2, -0.15) is 0 Å². The van der Waals surface area contributed by atoms with Gasteiger partial charge in [0.15, 0.2) is 0 Å². The van der Waals surface area contributed by atoms with Crippen LogP contribution in [0.25, 0.3) is 0 Å². The molecule has 30 heavy (non-hydrogen) atoms. The van der Waals surface area contributed by atoms with Crippen molar-refractivity contribution in [3.05, 3.63) is 65.2 Å². The van der Waals surface area contributed by atoms with Crippen molar-refractivity contribution in [2.75, 3.05) is 13.7 Å². The number of nitrogens with zero attached hydrogens (tertiary/aromatic N) is 1. The zero-order valence-corrected chi connectivity index (χ0v) is 18.6. The Kier molecular flexibility index (Phi) is 9.39. The van der Waals surface area contributed by atoms with Crippen molar-refractivity contribution in [2.24, 2.45) is 0 Å². The molecule has 0 bridgehead atoms. The number of unbranched alkanes of at least 4 members (excludes halogenated alkanes) is 1. The number of hydrogen-bond acceptors (Lipinski definition) is 3. The van der Waals surface area contributed by atoms with Crippen LogP contribution in [0, 0.1) is 6.92 Å². The fourth-order valence-corrected chi connectivity index (χ4v) is 3.43. The Morgan fingerprint density at radius 3 is 2.37 bits per heavy atom. The highest BCUT2D eigenvalue weighted by molar-refractivity contribution is 5.88. The highest BCUT2D eigenvalue weighted by atomic mass is 16.5. The van der Waals surface area contributed by atoms with E-state index in [-0.39, 0.29) is 18.2 Å². The van der Waals surface area contributed by atoms with Crippen molar-refractivity contribution < 1.29 is 14.3 Å². The molecule has 0 fully saturated rings. The molecule has 5 heteroatoms. The number of nitrogens with one attached hydrogen (secondary N) is 1. The minimum absolute atomic E-state index is 0.0439. The van der Waals surface area contributed by atoms with Crippen molar-refractivity contribution in [3.8, 4) is 5.75 Å². The molecular formula is C25H34N2O3. The van der Waals surface area contributed by atoms with Gasteiger partial charge in [-0.1, -0.05) is 56.7 Å². The van der Waals surface area contributed by atoms with E-state index in [1.54, 1.807) is 12.0 Å². The molecule has 0 saturated heterocycles. The minimum Gasteiger partial charge on any atom is -0.497 e. The van der Waals surface area contributed by atoms with Gasteiger partial charge in [-0.15, -0.1) is 0 Å². The van der Waals surface area contributed by atoms with E-state index in [1.807, 2.05) is 62.4 Å². The predicted octanol–water partition coefficient (Wildman–Crippen LogP) is 4.27. The molecule has 2 aromatic rings. The summed E-state index contributed by atoms with van der Waals surface area (Å²) in [5, 5.41) is 3.00. The Bertz CT molecular complexity index is 817. The Labute approximate surface area is 180 Å². The van der Waals surface area contributed by atoms with Crippen LogP contribution in [0.4, 0.5) is 0 Å². The summed E-state index contributed by atoms with van der Waals surface area (Å²) in [4.78, 5) is 27.9. The van der Waals surface area contributed by atoms with Gasteiger partial charge >= 0.3 is 0 Å². The Balaban J connectivity index is 2.25. The van der Waals surface area contributed by atoms with Crippen LogP contribution >= 0.6 is 0 Å². The maximum Gasteiger partial charge on any atom is 0.242 e. The average Bonchev–Trinajstić information content (AvgIpc) is 2.75. The van der Waals surface area contributed by atoms with E-state index >= 15 is 0 Å². The first-order valence-corrected chi connectivity index (χ1v) is 10.7. The maximum atomic E-state index is 13.3. The first-order chi connectivity index (χ1) is 14.5. The monoisotopic (exact) mass is 410 g/mol. The van der Waals surface area contributed by atoms with Crippen LogP contribution in [0.5, 0.6) is 5.75 Å². The third-order valence-corrected chi connectivity index (χ3v) is 5.33. The highest BCUT2D eigenvalue weighted by Crippen LogP contribution is 2.18. The fourth-order valence-electron chi connectivity index (χ4n) is 3.43. The minimum atomic E-state index is -0.500. The van der Waals surface area contributed by atoms with Gasteiger partial charge in [-0.05, 0) is 48.6 Å². The third kappa shape index (κ3) is 6.61. The second-order valence-corrected chi connectivity index (χ2v) is 7.54. The summed E-state index contributed by atoms with van der Waals surface area (Å²) in [7, 11) is 1.63. The second-order valence-electron chi connectivity index (χ2n) is 7.54. The van der Waals surface area contributed by atoms with Gasteiger partial charge in [-0.3, -0.25) is 9.59 Å². The van der Waals surface area contributed by atoms with E-state index in [0.29, 0.717) is 19.5 Å². The molecule has 0 aliphatic rings. The van der Waals surface area contributed by atoms with E-state index < -0.39 is 6.04 Å². The lowest BCUT2D eigenvalue weighted by molar-refractivity contribution is -0.140. The number of aryl methyl sites for hydroxylation is 1. The van der Waals surface area contributed by atoms with E-state index in [0.717, 1.165) is 35.3 Å². The molecule has 0 radical (unpaired) electrons. The molecule has 0 saturated carbocycles. The third-order valence-electron chi connectivity index (χ3n) is 5.33. The summed E-state index contributed by atoms with van der Waals surface area (Å²) in [6.07, 6.45) is 2.78. The number of hydrogen-bond donors (Lipinski definition) is 1. The molecule has 1 N–H and O–H groups in total. The molecule has 2 rings (SSSR count). The molecule has 0 heterocycles. The van der Waals surface area contributed by atoms with Crippen molar-refractivity contribution in [3.63, 3.8) is 0 Å². The van der Waals surface area contributed by atoms with Crippen LogP contribution in [0.1, 0.15) is 49.8 Å². The molecule has 0 aliphatic carbocycles. The molecule has 162 valence electrons. The first kappa shape index (κ1) is 23.5. The molecule has 0 unspecified atom stereocenters. The normalized spacial score (nSPS) is 11.6. The maximum absolute atomic E-state index is 13.3. The van der Waals surface area contributed by atoms with Crippen LogP contribution in [0.15, 0.2) is 48.5 Å². The van der Waals surface area contributed by atoms with E-state index in [4.69, 9.17) is 4.74 Å². The van der Waals surface area contributed by atoms with Gasteiger partial charge in [0, 0.05) is 13.1 Å². The molecule has 0 aliphatic heterocycles. The first-order valence-electron chi connectivity index (χ1n) is 10.7. The SMILES string of the molecule is CCCCNC(=O)[C@@H](CC)N(Cc1ccc(OC)cc1)C(=O)Cc1ccccc1C. The zero-order chi connectivity index (χ0) is 21.9. The lowest BCUT2D eigenvalue weighted by Gasteiger charge is -2.31. The number of carbonyl (C=O) groups excluding carboxylic acids is 2. The van der Waals surface area contributed by atoms with Crippen molar-refractivity contribution in [2.45, 2.75) is 59.0 Å². The number of rotatable bonds is 11. The largest absolute Gasteiger partial charge is 0.497 e. The van der Waals surface area contributed by atoms with Gasteiger partial charge in [0.1, 0.15) is 11.8 Å². The van der Waals surface area contributed by atoms with Crippen LogP contribution in [0.3, 0.4) is 0 Å². The van der Waals surface area contributed by atoms with Crippen molar-refractivity contribution >= 4 is 11.8 Å². The topological polar surface area (TPSA) is 58.6 Å². The van der Waals surface area contributed by atoms with E-state index in [9.17, 15) is 9.59 Å². The predicted molar refractivity (Wildman–Crippen MR) is 120 cm³/mol. The summed E-state index contributed by atoms with van der Waals surface area (Å²) in [5.74, 6) is 0.635. The highest BCUT2D eigenvalue weighted by Gasteiger charge is 2.28. The number of methoxy groups -OCH3 is 1. The van der Waals surface area contributed by atoms with Gasteiger partial charge in [0.2, 0.25) is 11.8 Å². The van der Waals surface area contributed by atoms with Crippen LogP contribution < -0.4 is 10.1 Å². The molecule has 2 amide bonds. The van der Waals surface area contributed by atoms with Crippen LogP contribution in [-0.4, -0.2) is 36.4 Å². The van der Waals surface area contributed by atoms with Gasteiger partial charge in [0.25, 0.3) is 0 Å². The number of ether oxygens (including phenoxy) is 1. The Hall–Kier alpha value is -2.82. The van der Waals surface area contributed by atoms with Gasteiger partial charge in [0.05, 0.1) is 13.5 Å². The average molecular weight is 411 g/mol. The fraction of sp³-hybridized carbons (Fsp3) is 0.440. The standard InChI is InChI=1S/C25H34N2O3/c1-5-7-16-26-25(29)23(6-2)27(18-20-12-14-22(30-4)15-13-20)24(28)17-21-11-9-8-10-19(21)3/h8-15,23H,5-7,16-18H2,1-4H3,(H,26,29)/t23-/m1/s1. The summed E-state index contributed by atoms with van der Waals surface area (Å²) in [5.41, 5.74) is 3.04. The summed E-state index contributed by atoms with van der Waals surface area (Å²) >= 11 is 0. The van der Waals surface area contributed by atoms with Crippen molar-refractivity contribution in [1.82, 2.24) is 10.2 Å². The van der Waals surface area contributed by atoms with E-state index in [1.165, 1.54) is 0 Å². The molecule has 5 nitrogen and oxygen atoms in total. The lowest BCUT2D eigenvalue weighted by Crippen LogP contribution is -2.49. The number of amides is 2. The molecular weight excluding hydrogens is 376 g/mol. The Morgan fingerprint density at radius 2 is 1.77 bits per heavy atom. The van der Waals surface area contributed by atoms with E-state index in [2.05, 4.69) is 12.2 Å². The van der Waals surface area contributed by atoms with Crippen LogP contribution in [0.2, 0.25) is 0 Å². The second kappa shape index (κ2) is 12.0. The number of carbonyl (C=O) groups is 2. The molecule has 2 aromatic carbocycles. The van der Waals surface area contributed by atoms with Gasteiger partial charge in [-0.25, -0.2) is 0 Å². The lowest BCUT2D eigenvalue weighted by atomic mass is 10.0. The van der Waals surface area contributed by atoms with Gasteiger partial charge < -0.3 is 15.0 Å². The smallest absolute Gasteiger partial charge is 0.242 e. The summed E-state index contributed by atoms with van der Waals surface area (Å²) in [6.45, 7) is 7.06.